The molecule has 0 amide bonds. The zero-order chi connectivity index (χ0) is 70.0. The van der Waals surface area contributed by atoms with Crippen LogP contribution in [0.4, 0.5) is 0 Å². The molecule has 0 fully saturated rings. The summed E-state index contributed by atoms with van der Waals surface area (Å²) in [4.78, 5) is 35.5. The molecule has 0 bridgehead atoms. The smallest absolute Gasteiger partial charge is 0.462 e. The lowest BCUT2D eigenvalue weighted by Crippen LogP contribution is -2.29. The summed E-state index contributed by atoms with van der Waals surface area (Å²) in [5, 5.41) is 0. The van der Waals surface area contributed by atoms with Crippen molar-refractivity contribution in [3.8, 4) is 0 Å². The fourth-order valence-electron chi connectivity index (χ4n) is 11.9. The number of ether oxygens (including phenoxy) is 2. The van der Waals surface area contributed by atoms with Gasteiger partial charge in [-0.25, -0.2) is 4.57 Å². The normalized spacial score (nSPS) is 13.5. The maximum Gasteiger partial charge on any atom is 0.472 e. The summed E-state index contributed by atoms with van der Waals surface area (Å²) < 4.78 is 33.3. The van der Waals surface area contributed by atoms with Crippen molar-refractivity contribution in [2.75, 3.05) is 26.4 Å². The van der Waals surface area contributed by atoms with E-state index in [2.05, 4.69) is 135 Å². The van der Waals surface area contributed by atoms with E-state index < -0.39 is 26.5 Å². The topological polar surface area (TPSA) is 134 Å². The number of esters is 2. The molecule has 0 heterocycles. The van der Waals surface area contributed by atoms with Gasteiger partial charge in [-0.1, -0.05) is 392 Å². The van der Waals surface area contributed by atoms with Crippen molar-refractivity contribution < 1.29 is 37.6 Å². The van der Waals surface area contributed by atoms with Crippen LogP contribution in [0.15, 0.2) is 122 Å². The quantitative estimate of drug-likeness (QED) is 0.0264. The van der Waals surface area contributed by atoms with Gasteiger partial charge in [0.05, 0.1) is 13.2 Å². The molecule has 9 nitrogen and oxygen atoms in total. The SMILES string of the molecule is CC/C=C\C/C=C\C/C=C\C/C=C\C/C=C\CCCCCCCCCCCCCCCCCCCCCCCCCCCC(=O)OC(COC(=O)CCCCCCCCCCCCCCCCCCCCC/C=C\C/C=C\C/C=C\C/C=C\C/C=C\CC)COP(=O)(O)OCCN. The van der Waals surface area contributed by atoms with Crippen molar-refractivity contribution in [2.24, 2.45) is 5.73 Å². The minimum atomic E-state index is -4.40. The van der Waals surface area contributed by atoms with Gasteiger partial charge in [-0.3, -0.25) is 18.6 Å². The van der Waals surface area contributed by atoms with Gasteiger partial charge in [0.25, 0.3) is 0 Å². The third-order valence-corrected chi connectivity index (χ3v) is 18.8. The van der Waals surface area contributed by atoms with Crippen molar-refractivity contribution >= 4 is 19.8 Å². The second-order valence-corrected chi connectivity index (χ2v) is 28.7. The summed E-state index contributed by atoms with van der Waals surface area (Å²) in [6.07, 6.45) is 115. The predicted octanol–water partition coefficient (Wildman–Crippen LogP) is 27.8. The predicted molar refractivity (Wildman–Crippen MR) is 422 cm³/mol. The lowest BCUT2D eigenvalue weighted by Gasteiger charge is -2.19. The van der Waals surface area contributed by atoms with Gasteiger partial charge in [0.15, 0.2) is 6.10 Å². The Labute approximate surface area is 600 Å². The van der Waals surface area contributed by atoms with Crippen LogP contribution in [0.25, 0.3) is 0 Å². The third kappa shape index (κ3) is 81.3. The minimum Gasteiger partial charge on any atom is -0.462 e. The van der Waals surface area contributed by atoms with Gasteiger partial charge >= 0.3 is 19.8 Å². The van der Waals surface area contributed by atoms with Gasteiger partial charge in [-0.05, 0) is 103 Å². The van der Waals surface area contributed by atoms with E-state index in [4.69, 9.17) is 24.3 Å². The van der Waals surface area contributed by atoms with Gasteiger partial charge in [-0.15, -0.1) is 0 Å². The molecular formula is C87H154NO8P. The summed E-state index contributed by atoms with van der Waals surface area (Å²) >= 11 is 0. The fourth-order valence-corrected chi connectivity index (χ4v) is 12.6. The Hall–Kier alpha value is -3.59. The number of hydrogen-bond acceptors (Lipinski definition) is 8. The molecule has 2 unspecified atom stereocenters. The molecule has 97 heavy (non-hydrogen) atoms. The van der Waals surface area contributed by atoms with Crippen molar-refractivity contribution in [3.05, 3.63) is 122 Å². The first-order valence-corrected chi connectivity index (χ1v) is 42.5. The van der Waals surface area contributed by atoms with Gasteiger partial charge < -0.3 is 20.1 Å². The van der Waals surface area contributed by atoms with E-state index in [0.717, 1.165) is 96.3 Å². The Morgan fingerprint density at radius 3 is 0.794 bits per heavy atom. The molecule has 0 saturated carbocycles. The first-order chi connectivity index (χ1) is 47.8. The van der Waals surface area contributed by atoms with Crippen LogP contribution in [0.3, 0.4) is 0 Å². The Balaban J connectivity index is 3.76. The highest BCUT2D eigenvalue weighted by atomic mass is 31.2. The molecule has 0 aliphatic rings. The lowest BCUT2D eigenvalue weighted by molar-refractivity contribution is -0.161. The van der Waals surface area contributed by atoms with E-state index in [1.165, 1.54) is 257 Å². The Kier molecular flexibility index (Phi) is 78.4. The molecule has 560 valence electrons. The van der Waals surface area contributed by atoms with Crippen LogP contribution in [0.2, 0.25) is 0 Å². The number of phosphoric acid groups is 1. The molecule has 0 aliphatic heterocycles. The molecule has 0 aliphatic carbocycles. The second-order valence-electron chi connectivity index (χ2n) is 27.2. The van der Waals surface area contributed by atoms with Gasteiger partial charge in [0.1, 0.15) is 6.61 Å². The molecule has 10 heteroatoms. The molecule has 0 aromatic carbocycles. The van der Waals surface area contributed by atoms with Gasteiger partial charge in [0.2, 0.25) is 0 Å². The van der Waals surface area contributed by atoms with E-state index >= 15 is 0 Å². The lowest BCUT2D eigenvalue weighted by atomic mass is 10.0. The summed E-state index contributed by atoms with van der Waals surface area (Å²) in [7, 11) is -4.40. The van der Waals surface area contributed by atoms with E-state index in [-0.39, 0.29) is 38.6 Å². The van der Waals surface area contributed by atoms with Gasteiger partial charge in [0, 0.05) is 19.4 Å². The maximum atomic E-state index is 12.8. The zero-order valence-electron chi connectivity index (χ0n) is 63.3. The summed E-state index contributed by atoms with van der Waals surface area (Å²) in [5.74, 6) is -0.810. The summed E-state index contributed by atoms with van der Waals surface area (Å²) in [6, 6.07) is 0. The Morgan fingerprint density at radius 1 is 0.309 bits per heavy atom. The molecule has 0 saturated heterocycles. The van der Waals surface area contributed by atoms with Gasteiger partial charge in [-0.2, -0.15) is 0 Å². The fraction of sp³-hybridized carbons (Fsp3) is 0.747. The van der Waals surface area contributed by atoms with Crippen LogP contribution < -0.4 is 5.73 Å². The minimum absolute atomic E-state index is 0.0528. The number of phosphoric ester groups is 1. The monoisotopic (exact) mass is 1370 g/mol. The summed E-state index contributed by atoms with van der Waals surface area (Å²) in [6.45, 7) is 3.57. The number of hydrogen-bond donors (Lipinski definition) is 2. The number of unbranched alkanes of at least 4 members (excludes halogenated alkanes) is 44. The number of nitrogens with two attached hydrogens (primary N) is 1. The number of rotatable bonds is 77. The van der Waals surface area contributed by atoms with Crippen molar-refractivity contribution in [1.29, 1.82) is 0 Å². The molecule has 0 spiro atoms. The zero-order valence-corrected chi connectivity index (χ0v) is 64.2. The van der Waals surface area contributed by atoms with E-state index in [0.29, 0.717) is 6.42 Å². The first kappa shape index (κ1) is 93.4. The number of allylic oxidation sites excluding steroid dienone is 20. The maximum absolute atomic E-state index is 12.8. The highest BCUT2D eigenvalue weighted by molar-refractivity contribution is 7.47. The van der Waals surface area contributed by atoms with Crippen LogP contribution in [0.1, 0.15) is 386 Å². The molecular weight excluding hydrogens is 1220 g/mol. The van der Waals surface area contributed by atoms with Crippen molar-refractivity contribution in [1.82, 2.24) is 0 Å². The standard InChI is InChI=1S/C87H154NO8P/c1-3-5-7-9-11-13-15-17-19-21-23-25-27-29-31-33-35-37-39-40-41-42-43-44-46-48-50-52-54-56-58-60-62-64-66-68-70-72-74-76-78-80-87(90)96-85(84-95-97(91,92)94-82-81-88)83-93-86(89)79-77-75-73-71-69-67-65-63-61-59-57-55-53-51-49-47-45-38-36-34-32-30-28-26-24-22-20-18-16-14-12-10-8-6-4-2/h5-8,11-14,17-20,23-26,29-32,85H,3-4,9-10,15-16,21-22,27-28,33-84,88H2,1-2H3,(H,91,92)/b7-5-,8-6-,13-11-,14-12-,19-17-,20-18-,25-23-,26-24-,31-29-,32-30-. The van der Waals surface area contributed by atoms with Crippen LogP contribution in [0.5, 0.6) is 0 Å². The van der Waals surface area contributed by atoms with Crippen LogP contribution in [-0.2, 0) is 32.7 Å². The second kappa shape index (κ2) is 81.4. The Bertz CT molecular complexity index is 2020. The van der Waals surface area contributed by atoms with Crippen LogP contribution >= 0.6 is 7.82 Å². The average molecular weight is 1370 g/mol. The van der Waals surface area contributed by atoms with E-state index in [9.17, 15) is 19.0 Å². The Morgan fingerprint density at radius 2 is 0.536 bits per heavy atom. The highest BCUT2D eigenvalue weighted by Crippen LogP contribution is 2.43. The van der Waals surface area contributed by atoms with Crippen molar-refractivity contribution in [2.45, 2.75) is 392 Å². The number of carbonyl (C=O) groups excluding carboxylic acids is 2. The summed E-state index contributed by atoms with van der Waals surface area (Å²) in [5.41, 5.74) is 5.42. The highest BCUT2D eigenvalue weighted by Gasteiger charge is 2.26. The molecule has 0 aromatic rings. The number of carbonyl (C=O) groups is 2. The third-order valence-electron chi connectivity index (χ3n) is 17.8. The molecule has 0 radical (unpaired) electrons. The van der Waals surface area contributed by atoms with Crippen LogP contribution in [-0.4, -0.2) is 49.3 Å². The average Bonchev–Trinajstić information content (AvgIpc) is 2.57. The largest absolute Gasteiger partial charge is 0.472 e. The van der Waals surface area contributed by atoms with E-state index in [1.54, 1.807) is 0 Å². The molecule has 0 rings (SSSR count). The molecule has 0 aromatic heterocycles. The molecule has 3 N–H and O–H groups in total. The van der Waals surface area contributed by atoms with Crippen molar-refractivity contribution in [3.63, 3.8) is 0 Å². The first-order valence-electron chi connectivity index (χ1n) is 41.0. The van der Waals surface area contributed by atoms with Crippen LogP contribution in [0, 0.1) is 0 Å². The van der Waals surface area contributed by atoms with E-state index in [1.807, 2.05) is 0 Å². The molecule has 2 atom stereocenters.